The van der Waals surface area contributed by atoms with Gasteiger partial charge in [-0.15, -0.1) is 0 Å². The lowest BCUT2D eigenvalue weighted by Gasteiger charge is -2.22. The van der Waals surface area contributed by atoms with Crippen LogP contribution in [0.3, 0.4) is 0 Å². The summed E-state index contributed by atoms with van der Waals surface area (Å²) in [6.07, 6.45) is 2.79. The summed E-state index contributed by atoms with van der Waals surface area (Å²) in [6.45, 7) is 2.71. The number of ketones is 1. The van der Waals surface area contributed by atoms with Gasteiger partial charge in [-0.2, -0.15) is 0 Å². The van der Waals surface area contributed by atoms with Gasteiger partial charge in [-0.3, -0.25) is 4.79 Å². The van der Waals surface area contributed by atoms with Gasteiger partial charge >= 0.3 is 5.97 Å². The highest BCUT2D eigenvalue weighted by atomic mass is 19.1. The molecule has 1 saturated heterocycles. The molecule has 2 atom stereocenters. The Hall–Kier alpha value is -2.47. The van der Waals surface area contributed by atoms with Crippen LogP contribution < -0.4 is 0 Å². The molecule has 1 fully saturated rings. The molecule has 1 N–H and O–H groups in total. The van der Waals surface area contributed by atoms with Gasteiger partial charge in [0.2, 0.25) is 0 Å². The zero-order valence-corrected chi connectivity index (χ0v) is 15.2. The van der Waals surface area contributed by atoms with E-state index >= 15 is 0 Å². The standard InChI is InChI=1S/C21H22FNO4/c1-12-19-17(23-20(12)21(25)27-11-16-3-2-8-26-16)9-14(10-18(19)24)13-4-6-15(22)7-5-13/h4-7,14,16,23H,2-3,8-11H2,1H3/t14-,16-/m0/s1. The van der Waals surface area contributed by atoms with Crippen LogP contribution in [0.5, 0.6) is 0 Å². The quantitative estimate of drug-likeness (QED) is 0.832. The van der Waals surface area contributed by atoms with E-state index in [0.717, 1.165) is 24.1 Å². The molecule has 1 aliphatic heterocycles. The van der Waals surface area contributed by atoms with Crippen molar-refractivity contribution in [3.05, 3.63) is 58.2 Å². The Morgan fingerprint density at radius 2 is 2.07 bits per heavy atom. The molecule has 0 radical (unpaired) electrons. The number of carbonyl (C=O) groups excluding carboxylic acids is 2. The van der Waals surface area contributed by atoms with Gasteiger partial charge in [0.1, 0.15) is 18.1 Å². The van der Waals surface area contributed by atoms with E-state index in [4.69, 9.17) is 9.47 Å². The minimum absolute atomic E-state index is 0.00231. The monoisotopic (exact) mass is 371 g/mol. The third-order valence-electron chi connectivity index (χ3n) is 5.46. The number of benzene rings is 1. The molecule has 0 amide bonds. The first-order chi connectivity index (χ1) is 13.0. The van der Waals surface area contributed by atoms with Crippen LogP contribution in [0.1, 0.15) is 62.8 Å². The van der Waals surface area contributed by atoms with Gasteiger partial charge in [0, 0.05) is 24.3 Å². The van der Waals surface area contributed by atoms with Gasteiger partial charge in [-0.05, 0) is 55.4 Å². The maximum Gasteiger partial charge on any atom is 0.355 e. The molecule has 0 bridgehead atoms. The van der Waals surface area contributed by atoms with E-state index in [9.17, 15) is 14.0 Å². The van der Waals surface area contributed by atoms with Crippen LogP contribution in [0.2, 0.25) is 0 Å². The molecular weight excluding hydrogens is 349 g/mol. The van der Waals surface area contributed by atoms with E-state index in [2.05, 4.69) is 4.98 Å². The van der Waals surface area contributed by atoms with Gasteiger partial charge in [-0.25, -0.2) is 9.18 Å². The fourth-order valence-electron chi connectivity index (χ4n) is 4.02. The van der Waals surface area contributed by atoms with Crippen LogP contribution >= 0.6 is 0 Å². The number of rotatable bonds is 4. The fraction of sp³-hybridized carbons (Fsp3) is 0.429. The van der Waals surface area contributed by atoms with Crippen LogP contribution in [0.15, 0.2) is 24.3 Å². The molecule has 1 aromatic heterocycles. The van der Waals surface area contributed by atoms with Crippen molar-refractivity contribution in [2.24, 2.45) is 0 Å². The van der Waals surface area contributed by atoms with Crippen molar-refractivity contribution in [1.29, 1.82) is 0 Å². The minimum Gasteiger partial charge on any atom is -0.458 e. The zero-order chi connectivity index (χ0) is 19.0. The summed E-state index contributed by atoms with van der Waals surface area (Å²) in [7, 11) is 0. The highest BCUT2D eigenvalue weighted by Crippen LogP contribution is 2.35. The second kappa shape index (κ2) is 7.27. The fourth-order valence-corrected chi connectivity index (χ4v) is 4.02. The molecule has 5 nitrogen and oxygen atoms in total. The zero-order valence-electron chi connectivity index (χ0n) is 15.2. The molecule has 0 saturated carbocycles. The number of carbonyl (C=O) groups is 2. The first-order valence-corrected chi connectivity index (χ1v) is 9.31. The third kappa shape index (κ3) is 3.54. The molecule has 1 aromatic carbocycles. The van der Waals surface area contributed by atoms with Crippen molar-refractivity contribution in [1.82, 2.24) is 4.98 Å². The molecule has 0 unspecified atom stereocenters. The van der Waals surface area contributed by atoms with Gasteiger partial charge in [0.05, 0.1) is 6.10 Å². The SMILES string of the molecule is Cc1c(C(=O)OC[C@@H]2CCCO2)[nH]c2c1C(=O)C[C@@H](c1ccc(F)cc1)C2. The lowest BCUT2D eigenvalue weighted by molar-refractivity contribution is 0.0156. The summed E-state index contributed by atoms with van der Waals surface area (Å²) in [4.78, 5) is 28.3. The topological polar surface area (TPSA) is 68.4 Å². The Labute approximate surface area is 156 Å². The average Bonchev–Trinajstić information content (AvgIpc) is 3.28. The Balaban J connectivity index is 1.52. The van der Waals surface area contributed by atoms with Crippen molar-refractivity contribution < 1.29 is 23.5 Å². The van der Waals surface area contributed by atoms with Crippen molar-refractivity contribution in [2.45, 2.75) is 44.6 Å². The Bertz CT molecular complexity index is 865. The number of esters is 1. The average molecular weight is 371 g/mol. The van der Waals surface area contributed by atoms with Crippen LogP contribution in [0.4, 0.5) is 4.39 Å². The maximum absolute atomic E-state index is 13.2. The molecule has 142 valence electrons. The summed E-state index contributed by atoms with van der Waals surface area (Å²) < 4.78 is 24.0. The largest absolute Gasteiger partial charge is 0.458 e. The van der Waals surface area contributed by atoms with Crippen LogP contribution in [-0.4, -0.2) is 36.1 Å². The second-order valence-corrected chi connectivity index (χ2v) is 7.29. The summed E-state index contributed by atoms with van der Waals surface area (Å²) in [5.74, 6) is -0.783. The lowest BCUT2D eigenvalue weighted by atomic mass is 9.81. The van der Waals surface area contributed by atoms with Crippen LogP contribution in [0.25, 0.3) is 0 Å². The van der Waals surface area contributed by atoms with Crippen molar-refractivity contribution in [2.75, 3.05) is 13.2 Å². The molecule has 0 spiro atoms. The van der Waals surface area contributed by atoms with Gasteiger partial charge in [0.15, 0.2) is 5.78 Å². The maximum atomic E-state index is 13.2. The number of Topliss-reactive ketones (excluding diaryl/α,β-unsaturated/α-hetero) is 1. The van der Waals surface area contributed by atoms with E-state index in [1.54, 1.807) is 19.1 Å². The van der Waals surface area contributed by atoms with Crippen molar-refractivity contribution >= 4 is 11.8 Å². The molecule has 2 aromatic rings. The van der Waals surface area contributed by atoms with Crippen LogP contribution in [-0.2, 0) is 15.9 Å². The number of hydrogen-bond acceptors (Lipinski definition) is 4. The summed E-state index contributed by atoms with van der Waals surface area (Å²) >= 11 is 0. The number of fused-ring (bicyclic) bond motifs is 1. The molecule has 2 heterocycles. The summed E-state index contributed by atoms with van der Waals surface area (Å²) in [6, 6.07) is 6.24. The van der Waals surface area contributed by atoms with Gasteiger partial charge in [0.25, 0.3) is 0 Å². The predicted molar refractivity (Wildman–Crippen MR) is 96.6 cm³/mol. The number of aromatic nitrogens is 1. The second-order valence-electron chi connectivity index (χ2n) is 7.29. The molecule has 1 aliphatic carbocycles. The van der Waals surface area contributed by atoms with E-state index in [1.807, 2.05) is 0 Å². The first kappa shape index (κ1) is 17.9. The van der Waals surface area contributed by atoms with E-state index in [1.165, 1.54) is 12.1 Å². The number of nitrogens with one attached hydrogen (secondary N) is 1. The first-order valence-electron chi connectivity index (χ1n) is 9.31. The molecule has 6 heteroatoms. The van der Waals surface area contributed by atoms with E-state index in [0.29, 0.717) is 36.3 Å². The van der Waals surface area contributed by atoms with Gasteiger partial charge in [-0.1, -0.05) is 12.1 Å². The highest BCUT2D eigenvalue weighted by molar-refractivity contribution is 6.03. The van der Waals surface area contributed by atoms with Crippen molar-refractivity contribution in [3.8, 4) is 0 Å². The van der Waals surface area contributed by atoms with Gasteiger partial charge < -0.3 is 14.5 Å². The number of H-pyrrole nitrogens is 1. The van der Waals surface area contributed by atoms with Crippen LogP contribution in [0, 0.1) is 12.7 Å². The minimum atomic E-state index is -0.455. The smallest absolute Gasteiger partial charge is 0.355 e. The molecule has 2 aliphatic rings. The molecule has 27 heavy (non-hydrogen) atoms. The summed E-state index contributed by atoms with van der Waals surface area (Å²) in [5, 5.41) is 0. The third-order valence-corrected chi connectivity index (χ3v) is 5.46. The molecule has 4 rings (SSSR count). The lowest BCUT2D eigenvalue weighted by Crippen LogP contribution is -2.18. The highest BCUT2D eigenvalue weighted by Gasteiger charge is 2.32. The van der Waals surface area contributed by atoms with E-state index < -0.39 is 5.97 Å². The molecular formula is C21H22FNO4. The normalized spacial score (nSPS) is 21.9. The Kier molecular flexibility index (Phi) is 4.83. The Morgan fingerprint density at radius 3 is 2.78 bits per heavy atom. The number of ether oxygens (including phenoxy) is 2. The predicted octanol–water partition coefficient (Wildman–Crippen LogP) is 3.71. The number of hydrogen-bond donors (Lipinski definition) is 1. The number of halogens is 1. The summed E-state index contributed by atoms with van der Waals surface area (Å²) in [5.41, 5.74) is 3.25. The van der Waals surface area contributed by atoms with E-state index in [-0.39, 0.29) is 30.2 Å². The van der Waals surface area contributed by atoms with Crippen molar-refractivity contribution in [3.63, 3.8) is 0 Å². The number of aromatic amines is 1. The Morgan fingerprint density at radius 1 is 1.30 bits per heavy atom.